The summed E-state index contributed by atoms with van der Waals surface area (Å²) in [7, 11) is 0. The van der Waals surface area contributed by atoms with E-state index in [4.69, 9.17) is 16.3 Å². The zero-order valence-corrected chi connectivity index (χ0v) is 22.9. The summed E-state index contributed by atoms with van der Waals surface area (Å²) in [5.41, 5.74) is 5.23. The predicted octanol–water partition coefficient (Wildman–Crippen LogP) is 3.05. The van der Waals surface area contributed by atoms with Crippen molar-refractivity contribution in [3.8, 4) is 0 Å². The predicted molar refractivity (Wildman–Crippen MR) is 143 cm³/mol. The van der Waals surface area contributed by atoms with Gasteiger partial charge in [-0.3, -0.25) is 14.6 Å². The molecule has 0 aromatic carbocycles. The molecule has 8 nitrogen and oxygen atoms in total. The van der Waals surface area contributed by atoms with E-state index in [0.717, 1.165) is 11.8 Å². The van der Waals surface area contributed by atoms with Crippen molar-refractivity contribution in [1.29, 1.82) is 0 Å². The third kappa shape index (κ3) is 6.82. The minimum atomic E-state index is -0.647. The maximum atomic E-state index is 13.6. The van der Waals surface area contributed by atoms with Gasteiger partial charge in [-0.15, -0.1) is 0 Å². The Bertz CT molecular complexity index is 824. The van der Waals surface area contributed by atoms with Crippen molar-refractivity contribution in [1.82, 2.24) is 15.6 Å². The van der Waals surface area contributed by atoms with Crippen molar-refractivity contribution < 1.29 is 14.3 Å². The topological polar surface area (TPSA) is 123 Å². The minimum absolute atomic E-state index is 0.0743. The van der Waals surface area contributed by atoms with Gasteiger partial charge in [0.1, 0.15) is 5.57 Å². The molecule has 3 rings (SSSR count). The fourth-order valence-electron chi connectivity index (χ4n) is 6.44. The van der Waals surface area contributed by atoms with Gasteiger partial charge in [-0.05, 0) is 61.7 Å². The number of fused-ring (bicyclic) bond motifs is 2. The maximum Gasteiger partial charge on any atom is 0.256 e. The van der Waals surface area contributed by atoms with Crippen molar-refractivity contribution in [2.45, 2.75) is 78.7 Å². The molecule has 5 atom stereocenters. The van der Waals surface area contributed by atoms with E-state index in [9.17, 15) is 9.59 Å². The van der Waals surface area contributed by atoms with E-state index in [1.165, 1.54) is 43.5 Å². The Morgan fingerprint density at radius 3 is 2.58 bits per heavy atom. The molecule has 3 saturated carbocycles. The second-order valence-electron chi connectivity index (χ2n) is 12.2. The number of nitrogens with two attached hydrogens (primary N) is 2. The normalized spacial score (nSPS) is 27.8. The van der Waals surface area contributed by atoms with E-state index >= 15 is 0 Å². The SMILES string of the molecule is C=C/C(C(=O)NC1C2CC3CCCC1C(C3)C2)=C(/OCC(C)C)N(N)CCC(C)(C)C(=O)NCCN. The molecule has 0 saturated heterocycles. The zero-order valence-electron chi connectivity index (χ0n) is 22.9. The van der Waals surface area contributed by atoms with Gasteiger partial charge >= 0.3 is 0 Å². The molecule has 5 unspecified atom stereocenters. The van der Waals surface area contributed by atoms with Gasteiger partial charge in [0.15, 0.2) is 0 Å². The maximum absolute atomic E-state index is 13.6. The fraction of sp³-hybridized carbons (Fsp3) is 0.786. The van der Waals surface area contributed by atoms with Gasteiger partial charge in [0.25, 0.3) is 5.91 Å². The third-order valence-electron chi connectivity index (χ3n) is 8.42. The van der Waals surface area contributed by atoms with Gasteiger partial charge in [0, 0.05) is 31.1 Å². The Balaban J connectivity index is 1.75. The first kappa shape index (κ1) is 28.5. The van der Waals surface area contributed by atoms with Crippen LogP contribution in [0, 0.1) is 35.0 Å². The Kier molecular flexibility index (Phi) is 9.86. The Hall–Kier alpha value is -2.06. The average Bonchev–Trinajstić information content (AvgIpc) is 2.96. The number of carbonyl (C=O) groups is 2. The summed E-state index contributed by atoms with van der Waals surface area (Å²) >= 11 is 0. The summed E-state index contributed by atoms with van der Waals surface area (Å²) in [6.45, 7) is 13.4. The summed E-state index contributed by atoms with van der Waals surface area (Å²) < 4.78 is 6.09. The summed E-state index contributed by atoms with van der Waals surface area (Å²) in [4.78, 5) is 26.2. The van der Waals surface area contributed by atoms with Gasteiger partial charge in [-0.1, -0.05) is 53.2 Å². The Morgan fingerprint density at radius 2 is 1.92 bits per heavy atom. The third-order valence-corrected chi connectivity index (χ3v) is 8.42. The van der Waals surface area contributed by atoms with Crippen LogP contribution < -0.4 is 22.2 Å². The molecule has 6 N–H and O–H groups in total. The number of ether oxygens (including phenoxy) is 1. The molecule has 3 fully saturated rings. The van der Waals surface area contributed by atoms with Gasteiger partial charge in [0.2, 0.25) is 11.8 Å². The second-order valence-corrected chi connectivity index (χ2v) is 12.2. The van der Waals surface area contributed by atoms with Gasteiger partial charge in [0.05, 0.1) is 6.61 Å². The van der Waals surface area contributed by atoms with Crippen LogP contribution in [0.25, 0.3) is 0 Å². The lowest BCUT2D eigenvalue weighted by Crippen LogP contribution is -2.45. The smallest absolute Gasteiger partial charge is 0.256 e. The molecule has 2 amide bonds. The van der Waals surface area contributed by atoms with Crippen LogP contribution in [0.4, 0.5) is 0 Å². The van der Waals surface area contributed by atoms with E-state index in [2.05, 4.69) is 31.1 Å². The lowest BCUT2D eigenvalue weighted by molar-refractivity contribution is -0.130. The molecule has 0 heterocycles. The highest BCUT2D eigenvalue weighted by molar-refractivity contribution is 5.96. The van der Waals surface area contributed by atoms with Gasteiger partial charge in [-0.2, -0.15) is 0 Å². The molecular formula is C28H49N5O3. The van der Waals surface area contributed by atoms with E-state index in [-0.39, 0.29) is 23.8 Å². The Labute approximate surface area is 217 Å². The lowest BCUT2D eigenvalue weighted by Gasteiger charge is -2.31. The van der Waals surface area contributed by atoms with Gasteiger partial charge in [-0.25, -0.2) is 5.84 Å². The summed E-state index contributed by atoms with van der Waals surface area (Å²) in [6, 6.07) is 0.213. The average molecular weight is 504 g/mol. The van der Waals surface area contributed by atoms with Crippen molar-refractivity contribution in [2.75, 3.05) is 26.2 Å². The van der Waals surface area contributed by atoms with E-state index in [1.807, 2.05) is 13.8 Å². The van der Waals surface area contributed by atoms with E-state index in [1.54, 1.807) is 6.08 Å². The summed E-state index contributed by atoms with van der Waals surface area (Å²) in [5, 5.41) is 7.69. The molecule has 0 spiro atoms. The van der Waals surface area contributed by atoms with Crippen molar-refractivity contribution >= 4 is 11.8 Å². The van der Waals surface area contributed by atoms with Crippen LogP contribution >= 0.6 is 0 Å². The molecule has 204 valence electrons. The first-order valence-electron chi connectivity index (χ1n) is 13.9. The number of carbonyl (C=O) groups excluding carboxylic acids is 2. The van der Waals surface area contributed by atoms with Crippen LogP contribution in [0.1, 0.15) is 72.6 Å². The molecule has 36 heavy (non-hydrogen) atoms. The van der Waals surface area contributed by atoms with Crippen molar-refractivity contribution in [2.24, 2.45) is 46.6 Å². The van der Waals surface area contributed by atoms with E-state index < -0.39 is 5.41 Å². The van der Waals surface area contributed by atoms with Crippen molar-refractivity contribution in [3.05, 3.63) is 24.1 Å². The summed E-state index contributed by atoms with van der Waals surface area (Å²) in [5.74, 6) is 9.51. The molecule has 3 bridgehead atoms. The molecule has 3 aliphatic carbocycles. The molecular weight excluding hydrogens is 454 g/mol. The first-order valence-corrected chi connectivity index (χ1v) is 13.9. The van der Waals surface area contributed by atoms with Gasteiger partial charge < -0.3 is 21.1 Å². The highest BCUT2D eigenvalue weighted by atomic mass is 16.5. The standard InChI is InChI=1S/C28H49N5O3/c1-6-22(25(34)32-24-21-15-19-8-7-9-23(24)20(14-19)16-21)26(36-17-18(2)3)33(30)13-10-28(4,5)27(35)31-12-11-29/h6,18-21,23-24H,1,7-17,29-30H2,2-5H3,(H,31,35)(H,32,34)/b26-22-. The lowest BCUT2D eigenvalue weighted by atomic mass is 9.79. The second kappa shape index (κ2) is 12.5. The quantitative estimate of drug-likeness (QED) is 0.101. The van der Waals surface area contributed by atoms with Crippen LogP contribution in [0.2, 0.25) is 0 Å². The van der Waals surface area contributed by atoms with E-state index in [0.29, 0.717) is 56.0 Å². The van der Waals surface area contributed by atoms with Crippen LogP contribution in [0.15, 0.2) is 24.1 Å². The highest BCUT2D eigenvalue weighted by Crippen LogP contribution is 2.53. The minimum Gasteiger partial charge on any atom is -0.477 e. The molecule has 0 radical (unpaired) electrons. The number of hydrazine groups is 1. The fourth-order valence-corrected chi connectivity index (χ4v) is 6.44. The number of nitrogens with one attached hydrogen (secondary N) is 2. The monoisotopic (exact) mass is 503 g/mol. The molecule has 8 heteroatoms. The van der Waals surface area contributed by atoms with Crippen LogP contribution in [-0.4, -0.2) is 49.1 Å². The molecule has 0 aromatic rings. The number of hydrogen-bond acceptors (Lipinski definition) is 6. The van der Waals surface area contributed by atoms with Crippen LogP contribution in [-0.2, 0) is 14.3 Å². The number of nitrogens with zero attached hydrogens (tertiary/aromatic N) is 1. The molecule has 3 aliphatic rings. The summed E-state index contributed by atoms with van der Waals surface area (Å²) in [6.07, 6.45) is 9.64. The number of amides is 2. The first-order chi connectivity index (χ1) is 17.1. The van der Waals surface area contributed by atoms with Crippen LogP contribution in [0.5, 0.6) is 0 Å². The Morgan fingerprint density at radius 1 is 1.19 bits per heavy atom. The van der Waals surface area contributed by atoms with Crippen LogP contribution in [0.3, 0.4) is 0 Å². The number of hydrogen-bond donors (Lipinski definition) is 4. The largest absolute Gasteiger partial charge is 0.477 e. The molecule has 0 aliphatic heterocycles. The van der Waals surface area contributed by atoms with Crippen molar-refractivity contribution in [3.63, 3.8) is 0 Å². The molecule has 0 aromatic heterocycles. The highest BCUT2D eigenvalue weighted by Gasteiger charge is 2.49. The zero-order chi connectivity index (χ0) is 26.5. The number of rotatable bonds is 13.